The number of hydrogen-bond donors (Lipinski definition) is 7. The van der Waals surface area contributed by atoms with Gasteiger partial charge in [0.2, 0.25) is 5.91 Å². The Hall–Kier alpha value is -4.99. The van der Waals surface area contributed by atoms with Crippen LogP contribution < -0.4 is 10.6 Å². The molecule has 0 spiro atoms. The highest BCUT2D eigenvalue weighted by molar-refractivity contribution is 5.91. The van der Waals surface area contributed by atoms with Crippen molar-refractivity contribution in [3.63, 3.8) is 0 Å². The average molecular weight is 629 g/mol. The summed E-state index contributed by atoms with van der Waals surface area (Å²) < 4.78 is 37.5. The zero-order valence-electron chi connectivity index (χ0n) is 23.7. The molecular weight excluding hydrogens is 593 g/mol. The lowest BCUT2D eigenvalue weighted by Crippen LogP contribution is -2.28. The molecule has 1 amide bonds. The Morgan fingerprint density at radius 2 is 1.39 bits per heavy atom. The Morgan fingerprint density at radius 1 is 0.864 bits per heavy atom. The van der Waals surface area contributed by atoms with Crippen LogP contribution in [0.2, 0.25) is 0 Å². The van der Waals surface area contributed by atoms with Gasteiger partial charge < -0.3 is 36.0 Å². The van der Waals surface area contributed by atoms with Crippen molar-refractivity contribution in [3.8, 4) is 0 Å². The van der Waals surface area contributed by atoms with Crippen LogP contribution in [0.4, 0.5) is 18.9 Å². The largest absolute Gasteiger partial charge is 0.478 e. The molecule has 1 aromatic carbocycles. The number of carbonyl (C=O) groups excluding carboxylic acids is 1. The zero-order chi connectivity index (χ0) is 33.5. The van der Waals surface area contributed by atoms with Crippen molar-refractivity contribution in [1.82, 2.24) is 15.3 Å². The maximum Gasteiger partial charge on any atom is 0.416 e. The minimum absolute atomic E-state index is 0.175. The number of aliphatic carboxylic acids is 4. The summed E-state index contributed by atoms with van der Waals surface area (Å²) in [5.41, 5.74) is 0.768. The van der Waals surface area contributed by atoms with Crippen LogP contribution in [0.15, 0.2) is 61.1 Å². The summed E-state index contributed by atoms with van der Waals surface area (Å²) in [6.07, 6.45) is 6.38. The van der Waals surface area contributed by atoms with Crippen molar-refractivity contribution >= 4 is 35.5 Å². The third-order valence-electron chi connectivity index (χ3n) is 5.22. The molecule has 16 heteroatoms. The van der Waals surface area contributed by atoms with Crippen molar-refractivity contribution in [2.75, 3.05) is 11.9 Å². The highest BCUT2D eigenvalue weighted by atomic mass is 19.4. The van der Waals surface area contributed by atoms with E-state index < -0.39 is 35.6 Å². The number of alkyl halides is 3. The summed E-state index contributed by atoms with van der Waals surface area (Å²) in [4.78, 5) is 57.2. The van der Waals surface area contributed by atoms with E-state index in [0.717, 1.165) is 56.5 Å². The van der Waals surface area contributed by atoms with Gasteiger partial charge in [-0.3, -0.25) is 4.79 Å². The van der Waals surface area contributed by atoms with E-state index in [2.05, 4.69) is 27.5 Å². The first-order valence-electron chi connectivity index (χ1n) is 13.1. The molecule has 13 nitrogen and oxygen atoms in total. The summed E-state index contributed by atoms with van der Waals surface area (Å²) in [5, 5.41) is 37.3. The van der Waals surface area contributed by atoms with Crippen molar-refractivity contribution in [1.29, 1.82) is 0 Å². The number of nitrogens with zero attached hydrogens (tertiary/aromatic N) is 1. The number of carboxylic acid groups (broad SMARTS) is 4. The number of halogens is 3. The van der Waals surface area contributed by atoms with Crippen LogP contribution in [-0.2, 0) is 36.6 Å². The third-order valence-corrected chi connectivity index (χ3v) is 5.22. The fourth-order valence-corrected chi connectivity index (χ4v) is 3.14. The lowest BCUT2D eigenvalue weighted by Gasteiger charge is -2.13. The molecule has 2 aromatic rings. The molecule has 1 unspecified atom stereocenters. The van der Waals surface area contributed by atoms with Crippen LogP contribution in [0.1, 0.15) is 50.3 Å². The van der Waals surface area contributed by atoms with Gasteiger partial charge in [0.1, 0.15) is 0 Å². The second-order valence-corrected chi connectivity index (χ2v) is 8.92. The van der Waals surface area contributed by atoms with Crippen LogP contribution in [0, 0.1) is 0 Å². The van der Waals surface area contributed by atoms with Gasteiger partial charge in [-0.05, 0) is 44.0 Å². The molecule has 0 saturated carbocycles. The first-order chi connectivity index (χ1) is 20.6. The lowest BCUT2D eigenvalue weighted by molar-refractivity contribution is -0.137. The Balaban J connectivity index is 0.000000947. The number of carbonyl (C=O) groups is 5. The fourth-order valence-electron chi connectivity index (χ4n) is 3.14. The Morgan fingerprint density at radius 3 is 1.82 bits per heavy atom. The predicted molar refractivity (Wildman–Crippen MR) is 152 cm³/mol. The van der Waals surface area contributed by atoms with Crippen LogP contribution in [0.5, 0.6) is 0 Å². The molecule has 1 atom stereocenters. The summed E-state index contributed by atoms with van der Waals surface area (Å²) in [7, 11) is 0. The molecule has 0 radical (unpaired) electrons. The van der Waals surface area contributed by atoms with E-state index in [1.807, 2.05) is 6.20 Å². The van der Waals surface area contributed by atoms with Crippen LogP contribution in [-0.4, -0.2) is 72.8 Å². The number of imidazole rings is 1. The molecule has 0 aliphatic heterocycles. The van der Waals surface area contributed by atoms with Gasteiger partial charge in [0.05, 0.1) is 11.9 Å². The van der Waals surface area contributed by atoms with Gasteiger partial charge >= 0.3 is 30.1 Å². The number of aromatic nitrogens is 2. The van der Waals surface area contributed by atoms with E-state index in [1.165, 1.54) is 12.1 Å². The second-order valence-electron chi connectivity index (χ2n) is 8.92. The van der Waals surface area contributed by atoms with E-state index in [0.29, 0.717) is 42.5 Å². The smallest absolute Gasteiger partial charge is 0.416 e. The molecular formula is C28H35F3N4O9. The molecule has 1 aromatic heterocycles. The summed E-state index contributed by atoms with van der Waals surface area (Å²) in [6.45, 7) is 3.03. The molecule has 0 saturated heterocycles. The van der Waals surface area contributed by atoms with Crippen molar-refractivity contribution in [3.05, 3.63) is 72.4 Å². The predicted octanol–water partition coefficient (Wildman–Crippen LogP) is 3.96. The molecule has 0 aliphatic carbocycles. The van der Waals surface area contributed by atoms with Crippen LogP contribution >= 0.6 is 0 Å². The van der Waals surface area contributed by atoms with E-state index in [1.54, 1.807) is 6.33 Å². The number of nitrogens with one attached hydrogen (secondary N) is 3. The zero-order valence-corrected chi connectivity index (χ0v) is 23.7. The van der Waals surface area contributed by atoms with Gasteiger partial charge in [-0.2, -0.15) is 13.2 Å². The number of anilines is 1. The molecule has 7 N–H and O–H groups in total. The number of aromatic amines is 1. The quantitative estimate of drug-likeness (QED) is 0.111. The first kappa shape index (κ1) is 39.0. The van der Waals surface area contributed by atoms with Crippen molar-refractivity contribution < 1.29 is 57.6 Å². The number of unbranched alkanes of at least 4 members (excludes halogenated alkanes) is 2. The van der Waals surface area contributed by atoms with E-state index in [-0.39, 0.29) is 5.91 Å². The van der Waals surface area contributed by atoms with Gasteiger partial charge in [-0.15, -0.1) is 0 Å². The van der Waals surface area contributed by atoms with Gasteiger partial charge in [0.15, 0.2) is 0 Å². The molecule has 44 heavy (non-hydrogen) atoms. The third kappa shape index (κ3) is 22.7. The average Bonchev–Trinajstić information content (AvgIpc) is 3.45. The molecule has 242 valence electrons. The highest BCUT2D eigenvalue weighted by Gasteiger charge is 2.29. The molecule has 1 heterocycles. The Kier molecular flexibility index (Phi) is 19.2. The number of amides is 1. The fraction of sp³-hybridized carbons (Fsp3) is 0.357. The van der Waals surface area contributed by atoms with Crippen molar-refractivity contribution in [2.45, 2.75) is 57.7 Å². The second kappa shape index (κ2) is 21.7. The first-order valence-corrected chi connectivity index (χ1v) is 13.1. The number of carboxylic acids is 4. The van der Waals surface area contributed by atoms with E-state index >= 15 is 0 Å². The van der Waals surface area contributed by atoms with Gasteiger partial charge in [0, 0.05) is 67.3 Å². The number of benzene rings is 1. The minimum Gasteiger partial charge on any atom is -0.478 e. The summed E-state index contributed by atoms with van der Waals surface area (Å²) in [5.74, 6) is -5.20. The minimum atomic E-state index is -4.37. The lowest BCUT2D eigenvalue weighted by atomic mass is 10.1. The van der Waals surface area contributed by atoms with Gasteiger partial charge in [-0.25, -0.2) is 24.2 Å². The van der Waals surface area contributed by atoms with Crippen LogP contribution in [0.25, 0.3) is 0 Å². The topological polar surface area (TPSA) is 219 Å². The summed E-state index contributed by atoms with van der Waals surface area (Å²) in [6, 6.07) is 4.89. The summed E-state index contributed by atoms with van der Waals surface area (Å²) >= 11 is 0. The maximum absolute atomic E-state index is 12.5. The number of H-pyrrole nitrogens is 1. The van der Waals surface area contributed by atoms with E-state index in [9.17, 15) is 37.1 Å². The van der Waals surface area contributed by atoms with Crippen LogP contribution in [0.3, 0.4) is 0 Å². The monoisotopic (exact) mass is 628 g/mol. The van der Waals surface area contributed by atoms with E-state index in [4.69, 9.17) is 20.4 Å². The van der Waals surface area contributed by atoms with Crippen molar-refractivity contribution in [2.24, 2.45) is 0 Å². The molecule has 0 fully saturated rings. The molecule has 0 bridgehead atoms. The standard InChI is InChI=1S/C20H27F3N4O.2C4H4O4/c1-15(25-12-11-18-13-24-14-26-18)5-3-2-4-6-19(28)27-17-9-7-16(8-10-17)20(21,22)23;2*5-3(6)1-2-4(7)8/h7-10,13-15,25H,2-6,11-12H2,1H3,(H,24,26)(H,27,28);2*1-2H,(H,5,6)(H,7,8). The number of rotatable bonds is 15. The SMILES string of the molecule is CC(CCCCCC(=O)Nc1ccc(C(F)(F)F)cc1)NCCc1cnc[nH]1.O=C(O)C=CC(=O)O.O=C(O)C=CC(=O)O. The molecule has 2 rings (SSSR count). The number of hydrogen-bond acceptors (Lipinski definition) is 7. The Bertz CT molecular complexity index is 1160. The highest BCUT2D eigenvalue weighted by Crippen LogP contribution is 2.29. The maximum atomic E-state index is 12.5. The van der Waals surface area contributed by atoms with Gasteiger partial charge in [0.25, 0.3) is 0 Å². The van der Waals surface area contributed by atoms with Gasteiger partial charge in [-0.1, -0.05) is 12.8 Å². The Labute approximate surface area is 250 Å². The molecule has 0 aliphatic rings. The normalized spacial score (nSPS) is 11.5.